The second kappa shape index (κ2) is 11.0. The smallest absolute Gasteiger partial charge is 0.367 e. The fraction of sp³-hybridized carbons (Fsp3) is 0.267. The van der Waals surface area contributed by atoms with Gasteiger partial charge in [0.05, 0.1) is 22.3 Å². The summed E-state index contributed by atoms with van der Waals surface area (Å²) >= 11 is 0. The Bertz CT molecular complexity index is 1650. The van der Waals surface area contributed by atoms with Crippen LogP contribution >= 0.6 is 0 Å². The Labute approximate surface area is 233 Å². The molecule has 6 rings (SSSR count). The van der Waals surface area contributed by atoms with Crippen LogP contribution in [0.1, 0.15) is 22.3 Å². The van der Waals surface area contributed by atoms with Gasteiger partial charge < -0.3 is 14.8 Å². The lowest BCUT2D eigenvalue weighted by atomic mass is 10.1. The average molecular weight is 566 g/mol. The van der Waals surface area contributed by atoms with Crippen molar-refractivity contribution in [2.45, 2.75) is 25.4 Å². The molecule has 1 atom stereocenters. The van der Waals surface area contributed by atoms with Crippen LogP contribution in [0.4, 0.5) is 23.2 Å². The van der Waals surface area contributed by atoms with Crippen LogP contribution in [0, 0.1) is 5.82 Å². The molecule has 3 heterocycles. The molecular formula is C30H27F4N5O2. The number of piperazine rings is 1. The molecule has 1 saturated heterocycles. The van der Waals surface area contributed by atoms with E-state index in [4.69, 9.17) is 4.84 Å². The molecule has 0 amide bonds. The van der Waals surface area contributed by atoms with Gasteiger partial charge in [-0.3, -0.25) is 4.79 Å². The molecule has 0 saturated carbocycles. The van der Waals surface area contributed by atoms with Crippen LogP contribution in [0.3, 0.4) is 0 Å². The molecule has 0 aliphatic carbocycles. The van der Waals surface area contributed by atoms with Crippen molar-refractivity contribution in [2.24, 2.45) is 4.99 Å². The zero-order valence-electron chi connectivity index (χ0n) is 21.9. The number of anilines is 1. The van der Waals surface area contributed by atoms with Gasteiger partial charge in [-0.1, -0.05) is 42.5 Å². The summed E-state index contributed by atoms with van der Waals surface area (Å²) in [7, 11) is 0. The number of nitrogens with one attached hydrogen (secondary N) is 2. The highest BCUT2D eigenvalue weighted by molar-refractivity contribution is 6.01. The van der Waals surface area contributed by atoms with Crippen molar-refractivity contribution in [3.8, 4) is 0 Å². The molecule has 11 heteroatoms. The van der Waals surface area contributed by atoms with Gasteiger partial charge in [0.1, 0.15) is 5.82 Å². The van der Waals surface area contributed by atoms with Gasteiger partial charge >= 0.3 is 6.18 Å². The van der Waals surface area contributed by atoms with Crippen molar-refractivity contribution in [3.63, 3.8) is 0 Å². The first-order chi connectivity index (χ1) is 19.8. The monoisotopic (exact) mass is 565 g/mol. The third kappa shape index (κ3) is 5.68. The summed E-state index contributed by atoms with van der Waals surface area (Å²) in [5.41, 5.74) is 4.17. The molecule has 1 fully saturated rings. The molecule has 0 radical (unpaired) electrons. The van der Waals surface area contributed by atoms with Crippen LogP contribution in [0.2, 0.25) is 0 Å². The van der Waals surface area contributed by atoms with Crippen LogP contribution in [-0.2, 0) is 24.0 Å². The maximum Gasteiger partial charge on any atom is 0.416 e. The number of benzene rings is 3. The van der Waals surface area contributed by atoms with E-state index < -0.39 is 29.2 Å². The number of rotatable bonds is 6. The predicted molar refractivity (Wildman–Crippen MR) is 148 cm³/mol. The lowest BCUT2D eigenvalue weighted by Gasteiger charge is -2.30. The van der Waals surface area contributed by atoms with Crippen molar-refractivity contribution in [2.75, 3.05) is 31.1 Å². The van der Waals surface area contributed by atoms with Gasteiger partial charge in [0, 0.05) is 50.7 Å². The fourth-order valence-electron chi connectivity index (χ4n) is 5.19. The summed E-state index contributed by atoms with van der Waals surface area (Å²) in [6, 6.07) is 17.4. The van der Waals surface area contributed by atoms with E-state index in [2.05, 4.69) is 15.8 Å². The van der Waals surface area contributed by atoms with Gasteiger partial charge in [-0.25, -0.2) is 19.7 Å². The van der Waals surface area contributed by atoms with Crippen LogP contribution in [0.15, 0.2) is 82.7 Å². The first kappa shape index (κ1) is 27.0. The Morgan fingerprint density at radius 2 is 1.71 bits per heavy atom. The van der Waals surface area contributed by atoms with Crippen molar-refractivity contribution in [1.29, 1.82) is 0 Å². The number of nitrogens with zero attached hydrogens (tertiary/aromatic N) is 3. The van der Waals surface area contributed by atoms with E-state index in [9.17, 15) is 18.0 Å². The molecule has 0 bridgehead atoms. The Morgan fingerprint density at radius 3 is 2.41 bits per heavy atom. The topological polar surface area (TPSA) is 70.9 Å². The summed E-state index contributed by atoms with van der Waals surface area (Å²) in [6.07, 6.45) is -2.94. The maximum absolute atomic E-state index is 15.4. The van der Waals surface area contributed by atoms with Crippen LogP contribution in [0.5, 0.6) is 0 Å². The van der Waals surface area contributed by atoms with Crippen molar-refractivity contribution >= 4 is 22.4 Å². The van der Waals surface area contributed by atoms with Gasteiger partial charge in [-0.2, -0.15) is 13.2 Å². The van der Waals surface area contributed by atoms with Crippen molar-refractivity contribution < 1.29 is 22.4 Å². The number of hydrogen-bond donors (Lipinski definition) is 2. The fourth-order valence-corrected chi connectivity index (χ4v) is 5.19. The van der Waals surface area contributed by atoms with Gasteiger partial charge in [0.15, 0.2) is 17.5 Å². The minimum absolute atomic E-state index is 0.141. The Morgan fingerprint density at radius 1 is 0.976 bits per heavy atom. The average Bonchev–Trinajstić information content (AvgIpc) is 3.43. The van der Waals surface area contributed by atoms with E-state index in [0.29, 0.717) is 49.4 Å². The minimum atomic E-state index is -4.45. The van der Waals surface area contributed by atoms with Gasteiger partial charge in [0.25, 0.3) is 0 Å². The first-order valence-electron chi connectivity index (χ1n) is 13.3. The molecule has 2 aliphatic heterocycles. The molecule has 1 aromatic heterocycles. The summed E-state index contributed by atoms with van der Waals surface area (Å²) in [6.45, 7) is 2.75. The van der Waals surface area contributed by atoms with Crippen LogP contribution in [0.25, 0.3) is 10.9 Å². The van der Waals surface area contributed by atoms with Gasteiger partial charge in [-0.05, 0) is 35.4 Å². The summed E-state index contributed by atoms with van der Waals surface area (Å²) in [5, 5.41) is 3.38. The third-order valence-electron chi connectivity index (χ3n) is 7.31. The lowest BCUT2D eigenvalue weighted by Crippen LogP contribution is -2.44. The molecule has 7 nitrogen and oxygen atoms in total. The Hall–Kier alpha value is -4.22. The standard InChI is InChI=1S/C30H27F4N5O2/c31-24-15-22-25(16-26(24)38-12-10-35-11-13-38)39(17-20-6-8-21(9-7-20)30(32,33)34)18-23(28(22)40)29-36-27(41-37-29)14-19-4-2-1-3-5-19/h1-9,15-16,18,27,35H,10-14,17H2,(H,36,37). The maximum atomic E-state index is 15.4. The quantitative estimate of drug-likeness (QED) is 0.338. The number of halogens is 4. The highest BCUT2D eigenvalue weighted by Gasteiger charge is 2.30. The number of fused-ring (bicyclic) bond motifs is 1. The SMILES string of the molecule is O=c1c(C2=NC(Cc3ccccc3)ON2)cn(Cc2ccc(C(F)(F)F)cc2)c2cc(N3CCNCC3)c(F)cc12. The third-order valence-corrected chi connectivity index (χ3v) is 7.31. The van der Waals surface area contributed by atoms with Crippen molar-refractivity contribution in [3.05, 3.63) is 111 Å². The first-order valence-corrected chi connectivity index (χ1v) is 13.3. The molecule has 212 valence electrons. The highest BCUT2D eigenvalue weighted by Crippen LogP contribution is 2.30. The molecule has 4 aromatic rings. The van der Waals surface area contributed by atoms with Crippen LogP contribution in [-0.4, -0.2) is 42.8 Å². The number of aromatic nitrogens is 1. The molecule has 41 heavy (non-hydrogen) atoms. The second-order valence-corrected chi connectivity index (χ2v) is 10.1. The number of amidine groups is 1. The molecule has 0 spiro atoms. The Kier molecular flexibility index (Phi) is 7.22. The van der Waals surface area contributed by atoms with Gasteiger partial charge in [-0.15, -0.1) is 0 Å². The number of alkyl halides is 3. The van der Waals surface area contributed by atoms with E-state index in [-0.39, 0.29) is 23.3 Å². The molecule has 3 aromatic carbocycles. The summed E-state index contributed by atoms with van der Waals surface area (Å²) in [4.78, 5) is 25.8. The normalized spacial score (nSPS) is 17.5. The number of aliphatic imine (C=N–C) groups is 1. The summed E-state index contributed by atoms with van der Waals surface area (Å²) < 4.78 is 56.6. The zero-order chi connectivity index (χ0) is 28.6. The number of hydroxylamine groups is 1. The molecule has 2 N–H and O–H groups in total. The zero-order valence-corrected chi connectivity index (χ0v) is 21.9. The summed E-state index contributed by atoms with van der Waals surface area (Å²) in [5.74, 6) is -0.306. The van der Waals surface area contributed by atoms with E-state index in [1.807, 2.05) is 35.2 Å². The van der Waals surface area contributed by atoms with Crippen molar-refractivity contribution in [1.82, 2.24) is 15.4 Å². The number of hydrogen-bond acceptors (Lipinski definition) is 6. The van der Waals surface area contributed by atoms with E-state index in [0.717, 1.165) is 17.7 Å². The minimum Gasteiger partial charge on any atom is -0.367 e. The van der Waals surface area contributed by atoms with E-state index in [1.54, 1.807) is 16.8 Å². The molecule has 1 unspecified atom stereocenters. The number of pyridine rings is 1. The molecular weight excluding hydrogens is 538 g/mol. The molecule has 2 aliphatic rings. The largest absolute Gasteiger partial charge is 0.416 e. The highest BCUT2D eigenvalue weighted by atomic mass is 19.4. The van der Waals surface area contributed by atoms with E-state index >= 15 is 4.39 Å². The lowest BCUT2D eigenvalue weighted by molar-refractivity contribution is -0.137. The Balaban J connectivity index is 1.42. The predicted octanol–water partition coefficient (Wildman–Crippen LogP) is 4.47. The second-order valence-electron chi connectivity index (χ2n) is 10.1. The van der Waals surface area contributed by atoms with Crippen LogP contribution < -0.4 is 21.1 Å². The van der Waals surface area contributed by atoms with E-state index in [1.165, 1.54) is 18.2 Å². The van der Waals surface area contributed by atoms with Gasteiger partial charge in [0.2, 0.25) is 0 Å².